The zero-order chi connectivity index (χ0) is 32.4. The Balaban J connectivity index is 3.63. The highest BCUT2D eigenvalue weighted by Crippen LogP contribution is 2.22. The quantitative estimate of drug-likeness (QED) is 0.0428. The van der Waals surface area contributed by atoms with Gasteiger partial charge in [0.05, 0.1) is 5.76 Å². The highest BCUT2D eigenvalue weighted by Gasteiger charge is 2.14. The molecule has 0 saturated carbocycles. The Labute approximate surface area is 278 Å². The van der Waals surface area contributed by atoms with E-state index in [0.717, 1.165) is 31.4 Å². The van der Waals surface area contributed by atoms with Crippen molar-refractivity contribution in [2.75, 3.05) is 0 Å². The van der Waals surface area contributed by atoms with Gasteiger partial charge in [-0.1, -0.05) is 219 Å². The van der Waals surface area contributed by atoms with Gasteiger partial charge in [0.2, 0.25) is 0 Å². The van der Waals surface area contributed by atoms with Gasteiger partial charge in [0.1, 0.15) is 6.10 Å². The summed E-state index contributed by atoms with van der Waals surface area (Å²) in [4.78, 5) is 0. The molecule has 1 atom stereocenters. The van der Waals surface area contributed by atoms with Crippen LogP contribution in [0.3, 0.4) is 0 Å². The van der Waals surface area contributed by atoms with E-state index in [1.807, 2.05) is 0 Å². The predicted molar refractivity (Wildman–Crippen MR) is 200 cm³/mol. The first kappa shape index (κ1) is 42.8. The third-order valence-electron chi connectivity index (χ3n) is 9.39. The van der Waals surface area contributed by atoms with E-state index in [1.54, 1.807) is 0 Å². The van der Waals surface area contributed by atoms with Gasteiger partial charge in [0.15, 0.2) is 0 Å². The van der Waals surface area contributed by atoms with Crippen LogP contribution >= 0.6 is 0 Å². The van der Waals surface area contributed by atoms with Crippen molar-refractivity contribution in [2.45, 2.75) is 232 Å². The first-order chi connectivity index (χ1) is 21.5. The van der Waals surface area contributed by atoms with Crippen molar-refractivity contribution in [3.63, 3.8) is 0 Å². The molecule has 0 radical (unpaired) electrons. The molecule has 0 fully saturated rings. The highest BCUT2D eigenvalue weighted by molar-refractivity contribution is 5.07. The van der Waals surface area contributed by atoms with Gasteiger partial charge in [-0.15, -0.1) is 0 Å². The number of hydrogen-bond acceptors (Lipinski definition) is 2. The minimum absolute atomic E-state index is 0.178. The Morgan fingerprint density at radius 2 is 0.705 bits per heavy atom. The molecule has 2 nitrogen and oxygen atoms in total. The van der Waals surface area contributed by atoms with Gasteiger partial charge in [-0.3, -0.25) is 0 Å². The lowest BCUT2D eigenvalue weighted by Gasteiger charge is -2.21. The molecule has 44 heavy (non-hydrogen) atoms. The summed E-state index contributed by atoms with van der Waals surface area (Å²) in [5.74, 6) is 0.857. The molecule has 2 N–H and O–H groups in total. The molecule has 1 unspecified atom stereocenters. The van der Waals surface area contributed by atoms with Crippen molar-refractivity contribution in [3.05, 3.63) is 36.8 Å². The summed E-state index contributed by atoms with van der Waals surface area (Å²) >= 11 is 0. The second kappa shape index (κ2) is 34.7. The summed E-state index contributed by atoms with van der Waals surface area (Å²) in [6, 6.07) is 0. The Bertz CT molecular complexity index is 590. The van der Waals surface area contributed by atoms with Gasteiger partial charge in [0.25, 0.3) is 0 Å². The van der Waals surface area contributed by atoms with Crippen molar-refractivity contribution in [1.82, 2.24) is 0 Å². The lowest BCUT2D eigenvalue weighted by Crippen LogP contribution is -2.21. The number of unbranched alkanes of at least 4 members (excludes halogenated alkanes) is 28. The average molecular weight is 616 g/mol. The maximum Gasteiger partial charge on any atom is 0.140 e. The van der Waals surface area contributed by atoms with E-state index in [9.17, 15) is 0 Å². The summed E-state index contributed by atoms with van der Waals surface area (Å²) in [7, 11) is 0. The first-order valence-corrected chi connectivity index (χ1v) is 20.0. The van der Waals surface area contributed by atoms with E-state index in [1.165, 1.54) is 192 Å². The van der Waals surface area contributed by atoms with Gasteiger partial charge in [0, 0.05) is 18.5 Å². The van der Waals surface area contributed by atoms with Crippen molar-refractivity contribution >= 4 is 0 Å². The molecule has 0 aliphatic carbocycles. The second-order valence-corrected chi connectivity index (χ2v) is 14.1. The number of allylic oxidation sites excluding steroid dienone is 1. The molecule has 0 rings (SSSR count). The monoisotopic (exact) mass is 616 g/mol. The number of rotatable bonds is 37. The van der Waals surface area contributed by atoms with Crippen LogP contribution in [0.2, 0.25) is 0 Å². The summed E-state index contributed by atoms with van der Waals surface area (Å²) in [5.41, 5.74) is 7.93. The molecule has 0 amide bonds. The molecular formula is C42H81NO. The molecule has 0 saturated heterocycles. The fourth-order valence-electron chi connectivity index (χ4n) is 6.31. The Morgan fingerprint density at radius 1 is 0.432 bits per heavy atom. The van der Waals surface area contributed by atoms with Crippen LogP contribution in [0.1, 0.15) is 226 Å². The standard InChI is InChI=1S/C42H81NO/c1-6-8-10-12-14-16-18-20-22-24-26-28-30-32-34-36-39(3)38-42(41(5)43)44-40(4)37-35-33-31-29-27-25-23-21-19-17-15-13-11-9-7-2/h42H,3-38,43H2,1-2H3. The van der Waals surface area contributed by atoms with E-state index in [0.29, 0.717) is 5.70 Å². The normalized spacial score (nSPS) is 12.0. The summed E-state index contributed by atoms with van der Waals surface area (Å²) < 4.78 is 6.15. The van der Waals surface area contributed by atoms with Crippen molar-refractivity contribution < 1.29 is 4.74 Å². The van der Waals surface area contributed by atoms with Gasteiger partial charge in [-0.25, -0.2) is 0 Å². The molecule has 0 aromatic rings. The number of hydrogen-bond donors (Lipinski definition) is 1. The van der Waals surface area contributed by atoms with Crippen molar-refractivity contribution in [3.8, 4) is 0 Å². The van der Waals surface area contributed by atoms with E-state index in [4.69, 9.17) is 10.5 Å². The molecule has 0 aliphatic rings. The Morgan fingerprint density at radius 3 is 1.00 bits per heavy atom. The van der Waals surface area contributed by atoms with Gasteiger partial charge < -0.3 is 10.5 Å². The van der Waals surface area contributed by atoms with Crippen LogP contribution in [0.15, 0.2) is 36.8 Å². The fraction of sp³-hybridized carbons (Fsp3) is 0.857. The molecule has 0 spiro atoms. The number of ether oxygens (including phenoxy) is 1. The minimum Gasteiger partial charge on any atom is -0.489 e. The topological polar surface area (TPSA) is 35.2 Å². The summed E-state index contributed by atoms with van der Waals surface area (Å²) in [6.45, 7) is 17.1. The van der Waals surface area contributed by atoms with Crippen LogP contribution in [-0.2, 0) is 4.74 Å². The van der Waals surface area contributed by atoms with Crippen molar-refractivity contribution in [2.24, 2.45) is 5.73 Å². The molecule has 0 heterocycles. The largest absolute Gasteiger partial charge is 0.489 e. The highest BCUT2D eigenvalue weighted by atomic mass is 16.5. The van der Waals surface area contributed by atoms with E-state index >= 15 is 0 Å². The van der Waals surface area contributed by atoms with Crippen LogP contribution in [-0.4, -0.2) is 6.10 Å². The maximum absolute atomic E-state index is 6.15. The minimum atomic E-state index is -0.178. The van der Waals surface area contributed by atoms with Gasteiger partial charge >= 0.3 is 0 Å². The lowest BCUT2D eigenvalue weighted by molar-refractivity contribution is 0.136. The zero-order valence-electron chi connectivity index (χ0n) is 30.5. The van der Waals surface area contributed by atoms with Crippen LogP contribution in [0.25, 0.3) is 0 Å². The smallest absolute Gasteiger partial charge is 0.140 e. The summed E-state index contributed by atoms with van der Waals surface area (Å²) in [5, 5.41) is 0. The van der Waals surface area contributed by atoms with E-state index in [2.05, 4.69) is 33.6 Å². The van der Waals surface area contributed by atoms with Crippen molar-refractivity contribution in [1.29, 1.82) is 0 Å². The third kappa shape index (κ3) is 32.2. The molecule has 0 aliphatic heterocycles. The lowest BCUT2D eigenvalue weighted by atomic mass is 10.00. The molecule has 0 bridgehead atoms. The Hall–Kier alpha value is -1.18. The van der Waals surface area contributed by atoms with Gasteiger partial charge in [-0.2, -0.15) is 0 Å². The van der Waals surface area contributed by atoms with Crippen LogP contribution in [0.4, 0.5) is 0 Å². The third-order valence-corrected chi connectivity index (χ3v) is 9.39. The number of nitrogens with two attached hydrogens (primary N) is 1. The average Bonchev–Trinajstić information content (AvgIpc) is 3.00. The van der Waals surface area contributed by atoms with Crippen LogP contribution < -0.4 is 5.73 Å². The van der Waals surface area contributed by atoms with E-state index in [-0.39, 0.29) is 6.10 Å². The molecular weight excluding hydrogens is 534 g/mol. The molecule has 0 aromatic heterocycles. The fourth-order valence-corrected chi connectivity index (χ4v) is 6.31. The van der Waals surface area contributed by atoms with Crippen LogP contribution in [0.5, 0.6) is 0 Å². The Kier molecular flexibility index (Phi) is 33.8. The SMILES string of the molecule is C=C(CCCCCCCCCCCCCCCCC)CC(OC(=C)CCCCCCCCCCCCCCCCC)C(=C)N. The predicted octanol–water partition coefficient (Wildman–Crippen LogP) is 14.8. The molecule has 0 aromatic carbocycles. The summed E-state index contributed by atoms with van der Waals surface area (Å²) in [6.07, 6.45) is 44.3. The molecule has 2 heteroatoms. The van der Waals surface area contributed by atoms with E-state index < -0.39 is 0 Å². The van der Waals surface area contributed by atoms with Gasteiger partial charge in [-0.05, 0) is 19.3 Å². The molecule has 260 valence electrons. The zero-order valence-corrected chi connectivity index (χ0v) is 30.5. The first-order valence-electron chi connectivity index (χ1n) is 20.0. The second-order valence-electron chi connectivity index (χ2n) is 14.1. The van der Waals surface area contributed by atoms with Crippen LogP contribution in [0, 0.1) is 0 Å². The maximum atomic E-state index is 6.15.